The van der Waals surface area contributed by atoms with Gasteiger partial charge in [0.1, 0.15) is 6.04 Å². The molecular formula is C11H20ClN3O2S. The predicted octanol–water partition coefficient (Wildman–Crippen LogP) is 0.867. The van der Waals surface area contributed by atoms with E-state index in [0.717, 1.165) is 19.3 Å². The van der Waals surface area contributed by atoms with Gasteiger partial charge in [-0.1, -0.05) is 24.6 Å². The summed E-state index contributed by atoms with van der Waals surface area (Å²) in [6.07, 6.45) is 4.44. The molecular weight excluding hydrogens is 274 g/mol. The molecule has 0 bridgehead atoms. The van der Waals surface area contributed by atoms with Crippen molar-refractivity contribution >= 4 is 35.3 Å². The van der Waals surface area contributed by atoms with E-state index in [1.54, 1.807) is 0 Å². The fourth-order valence-electron chi connectivity index (χ4n) is 2.49. The van der Waals surface area contributed by atoms with Crippen LogP contribution in [0.2, 0.25) is 0 Å². The van der Waals surface area contributed by atoms with Gasteiger partial charge in [0.2, 0.25) is 5.91 Å². The predicted molar refractivity (Wildman–Crippen MR) is 75.0 cm³/mol. The Hall–Kier alpha value is -0.460. The van der Waals surface area contributed by atoms with Gasteiger partial charge in [-0.15, -0.1) is 12.4 Å². The zero-order chi connectivity index (χ0) is 12.3. The standard InChI is InChI=1S/C11H19N3O2S.ClH/c12-5-7-3-1-2-4-8(7)13-10(15)9-6-17-11(16)14-9;/h7-9H,1-6,12H2,(H,13,15)(H,14,16);1H/t7?,8?,9-;/m0./s1. The molecule has 5 nitrogen and oxygen atoms in total. The average molecular weight is 294 g/mol. The summed E-state index contributed by atoms with van der Waals surface area (Å²) in [6, 6.07) is -0.184. The summed E-state index contributed by atoms with van der Waals surface area (Å²) in [5, 5.41) is 5.58. The first-order valence-electron chi connectivity index (χ1n) is 6.14. The van der Waals surface area contributed by atoms with Crippen LogP contribution in [0.3, 0.4) is 0 Å². The molecule has 0 spiro atoms. The van der Waals surface area contributed by atoms with E-state index in [9.17, 15) is 9.59 Å². The molecule has 2 unspecified atom stereocenters. The minimum Gasteiger partial charge on any atom is -0.351 e. The van der Waals surface area contributed by atoms with Crippen LogP contribution in [0.25, 0.3) is 0 Å². The highest BCUT2D eigenvalue weighted by Crippen LogP contribution is 2.24. The molecule has 2 amide bonds. The number of amides is 2. The quantitative estimate of drug-likeness (QED) is 0.721. The summed E-state index contributed by atoms with van der Waals surface area (Å²) >= 11 is 1.17. The second-order valence-electron chi connectivity index (χ2n) is 4.69. The van der Waals surface area contributed by atoms with Crippen LogP contribution in [-0.4, -0.2) is 35.5 Å². The van der Waals surface area contributed by atoms with Crippen molar-refractivity contribution < 1.29 is 9.59 Å². The van der Waals surface area contributed by atoms with E-state index >= 15 is 0 Å². The topological polar surface area (TPSA) is 84.2 Å². The zero-order valence-corrected chi connectivity index (χ0v) is 11.8. The molecule has 1 heterocycles. The van der Waals surface area contributed by atoms with Crippen molar-refractivity contribution in [3.63, 3.8) is 0 Å². The van der Waals surface area contributed by atoms with E-state index in [4.69, 9.17) is 5.73 Å². The first-order chi connectivity index (χ1) is 8.20. The maximum Gasteiger partial charge on any atom is 0.279 e. The molecule has 0 aromatic rings. The summed E-state index contributed by atoms with van der Waals surface area (Å²) in [6.45, 7) is 0.622. The van der Waals surface area contributed by atoms with Gasteiger partial charge in [0, 0.05) is 11.8 Å². The lowest BCUT2D eigenvalue weighted by atomic mass is 9.84. The Morgan fingerprint density at radius 2 is 2.17 bits per heavy atom. The third-order valence-electron chi connectivity index (χ3n) is 3.53. The highest BCUT2D eigenvalue weighted by atomic mass is 35.5. The third kappa shape index (κ3) is 3.76. The molecule has 1 aliphatic carbocycles. The van der Waals surface area contributed by atoms with Gasteiger partial charge in [-0.3, -0.25) is 9.59 Å². The Labute approximate surface area is 117 Å². The molecule has 18 heavy (non-hydrogen) atoms. The van der Waals surface area contributed by atoms with Crippen LogP contribution in [0, 0.1) is 5.92 Å². The molecule has 3 atom stereocenters. The molecule has 1 saturated carbocycles. The number of rotatable bonds is 3. The monoisotopic (exact) mass is 293 g/mol. The van der Waals surface area contributed by atoms with E-state index < -0.39 is 0 Å². The Morgan fingerprint density at radius 1 is 1.44 bits per heavy atom. The minimum atomic E-state index is -0.368. The fraction of sp³-hybridized carbons (Fsp3) is 0.818. The van der Waals surface area contributed by atoms with Gasteiger partial charge in [0.05, 0.1) is 0 Å². The van der Waals surface area contributed by atoms with Gasteiger partial charge in [0.15, 0.2) is 0 Å². The molecule has 2 aliphatic rings. The van der Waals surface area contributed by atoms with E-state index in [1.165, 1.54) is 18.2 Å². The molecule has 0 aromatic heterocycles. The maximum atomic E-state index is 11.9. The van der Waals surface area contributed by atoms with Crippen molar-refractivity contribution in [2.45, 2.75) is 37.8 Å². The molecule has 7 heteroatoms. The van der Waals surface area contributed by atoms with Gasteiger partial charge in [-0.05, 0) is 25.3 Å². The zero-order valence-electron chi connectivity index (χ0n) is 10.2. The van der Waals surface area contributed by atoms with Crippen molar-refractivity contribution in [2.24, 2.45) is 11.7 Å². The minimum absolute atomic E-state index is 0. The van der Waals surface area contributed by atoms with Crippen LogP contribution >= 0.6 is 24.2 Å². The highest BCUT2D eigenvalue weighted by Gasteiger charge is 2.31. The van der Waals surface area contributed by atoms with Crippen LogP contribution in [0.1, 0.15) is 25.7 Å². The summed E-state index contributed by atoms with van der Waals surface area (Å²) < 4.78 is 0. The smallest absolute Gasteiger partial charge is 0.279 e. The number of hydrogen-bond donors (Lipinski definition) is 3. The van der Waals surface area contributed by atoms with Crippen LogP contribution < -0.4 is 16.4 Å². The van der Waals surface area contributed by atoms with Crippen LogP contribution in [0.4, 0.5) is 4.79 Å². The normalized spacial score (nSPS) is 31.4. The molecule has 4 N–H and O–H groups in total. The molecule has 0 aromatic carbocycles. The largest absolute Gasteiger partial charge is 0.351 e. The molecule has 0 radical (unpaired) electrons. The van der Waals surface area contributed by atoms with Crippen molar-refractivity contribution in [1.82, 2.24) is 10.6 Å². The Balaban J connectivity index is 0.00000162. The SMILES string of the molecule is Cl.NCC1CCCCC1NC(=O)[C@@H]1CSC(=O)N1. The van der Waals surface area contributed by atoms with Crippen molar-refractivity contribution in [2.75, 3.05) is 12.3 Å². The Kier molecular flexibility index (Phi) is 6.25. The number of thioether (sulfide) groups is 1. The van der Waals surface area contributed by atoms with Gasteiger partial charge in [0.25, 0.3) is 5.24 Å². The lowest BCUT2D eigenvalue weighted by molar-refractivity contribution is -0.123. The number of nitrogens with two attached hydrogens (primary N) is 1. The molecule has 2 rings (SSSR count). The first-order valence-corrected chi connectivity index (χ1v) is 7.13. The molecule has 1 saturated heterocycles. The van der Waals surface area contributed by atoms with Crippen LogP contribution in [-0.2, 0) is 4.79 Å². The summed E-state index contributed by atoms with van der Waals surface area (Å²) in [4.78, 5) is 23.0. The Morgan fingerprint density at radius 3 is 2.78 bits per heavy atom. The number of carbonyl (C=O) groups excluding carboxylic acids is 2. The number of halogens is 1. The van der Waals surface area contributed by atoms with E-state index in [-0.39, 0.29) is 35.6 Å². The molecule has 1 aliphatic heterocycles. The first kappa shape index (κ1) is 15.6. The number of hydrogen-bond acceptors (Lipinski definition) is 4. The van der Waals surface area contributed by atoms with Crippen LogP contribution in [0.15, 0.2) is 0 Å². The van der Waals surface area contributed by atoms with Crippen molar-refractivity contribution in [3.8, 4) is 0 Å². The van der Waals surface area contributed by atoms with E-state index in [0.29, 0.717) is 18.2 Å². The van der Waals surface area contributed by atoms with Crippen LogP contribution in [0.5, 0.6) is 0 Å². The highest BCUT2D eigenvalue weighted by molar-refractivity contribution is 8.14. The second-order valence-corrected chi connectivity index (χ2v) is 5.68. The van der Waals surface area contributed by atoms with Gasteiger partial charge in [-0.2, -0.15) is 0 Å². The average Bonchev–Trinajstić information content (AvgIpc) is 2.77. The van der Waals surface area contributed by atoms with Gasteiger partial charge >= 0.3 is 0 Å². The van der Waals surface area contributed by atoms with Crippen molar-refractivity contribution in [3.05, 3.63) is 0 Å². The third-order valence-corrected chi connectivity index (χ3v) is 4.41. The Bertz CT molecular complexity index is 317. The maximum absolute atomic E-state index is 11.9. The number of carbonyl (C=O) groups is 2. The van der Waals surface area contributed by atoms with Gasteiger partial charge in [-0.25, -0.2) is 0 Å². The molecule has 2 fully saturated rings. The summed E-state index contributed by atoms with van der Waals surface area (Å²) in [5.74, 6) is 0.858. The molecule has 104 valence electrons. The lowest BCUT2D eigenvalue weighted by Gasteiger charge is -2.31. The lowest BCUT2D eigenvalue weighted by Crippen LogP contribution is -2.51. The van der Waals surface area contributed by atoms with Gasteiger partial charge < -0.3 is 16.4 Å². The van der Waals surface area contributed by atoms with E-state index in [2.05, 4.69) is 10.6 Å². The number of nitrogens with one attached hydrogen (secondary N) is 2. The van der Waals surface area contributed by atoms with E-state index in [1.807, 2.05) is 0 Å². The van der Waals surface area contributed by atoms with Crippen molar-refractivity contribution in [1.29, 1.82) is 0 Å². The second kappa shape index (κ2) is 7.21. The summed E-state index contributed by atoms with van der Waals surface area (Å²) in [5.41, 5.74) is 5.72. The summed E-state index contributed by atoms with van der Waals surface area (Å²) in [7, 11) is 0. The fourth-order valence-corrected chi connectivity index (χ4v) is 3.27.